The van der Waals surface area contributed by atoms with Crippen molar-refractivity contribution in [1.82, 2.24) is 29.7 Å². The second kappa shape index (κ2) is 14.4. The molecule has 10 heteroatoms. The number of nitrogens with zero attached hydrogens (tertiary/aromatic N) is 4. The number of aromatic nitrogens is 4. The summed E-state index contributed by atoms with van der Waals surface area (Å²) in [6.45, 7) is 1.16. The smallest absolute Gasteiger partial charge is 0.256 e. The average molecular weight is 693 g/mol. The summed E-state index contributed by atoms with van der Waals surface area (Å²) in [5, 5.41) is 21.5. The number of hydrogen-bond acceptors (Lipinski definition) is 6. The van der Waals surface area contributed by atoms with Crippen molar-refractivity contribution in [1.29, 1.82) is 0 Å². The number of rotatable bonds is 9. The first-order valence-corrected chi connectivity index (χ1v) is 17.8. The number of aliphatic hydroxyl groups is 2. The second-order valence-electron chi connectivity index (χ2n) is 13.5. The summed E-state index contributed by atoms with van der Waals surface area (Å²) in [5.41, 5.74) is 7.02. The van der Waals surface area contributed by atoms with Crippen molar-refractivity contribution in [2.45, 2.75) is 50.0 Å². The lowest BCUT2D eigenvalue weighted by Gasteiger charge is -2.25. The molecule has 2 aromatic heterocycles. The van der Waals surface area contributed by atoms with Crippen LogP contribution in [0.2, 0.25) is 0 Å². The Bertz CT molecular complexity index is 1990. The fourth-order valence-corrected chi connectivity index (χ4v) is 7.49. The molecule has 0 unspecified atom stereocenters. The predicted octanol–water partition coefficient (Wildman–Crippen LogP) is 6.93. The number of benzene rings is 4. The zero-order valence-corrected chi connectivity index (χ0v) is 28.6. The normalized spacial score (nSPS) is 18.4. The van der Waals surface area contributed by atoms with Gasteiger partial charge in [0, 0.05) is 13.1 Å². The van der Waals surface area contributed by atoms with Crippen LogP contribution in [0.1, 0.15) is 72.8 Å². The molecule has 4 aromatic carbocycles. The van der Waals surface area contributed by atoms with E-state index < -0.39 is 12.2 Å². The molecule has 2 aliphatic rings. The minimum atomic E-state index is -1.20. The molecule has 4 N–H and O–H groups in total. The summed E-state index contributed by atoms with van der Waals surface area (Å²) in [5.74, 6) is 0.837. The molecule has 0 spiro atoms. The Balaban J connectivity index is 0.920. The van der Waals surface area contributed by atoms with Gasteiger partial charge < -0.3 is 30.0 Å². The van der Waals surface area contributed by atoms with E-state index in [-0.39, 0.29) is 23.9 Å². The predicted molar refractivity (Wildman–Crippen MR) is 197 cm³/mol. The Hall–Kier alpha value is -5.84. The number of hydrogen-bond donors (Lipinski definition) is 4. The second-order valence-corrected chi connectivity index (χ2v) is 13.5. The van der Waals surface area contributed by atoms with Crippen molar-refractivity contribution in [2.24, 2.45) is 0 Å². The van der Waals surface area contributed by atoms with Gasteiger partial charge in [-0.05, 0) is 59.1 Å². The molecule has 6 aromatic rings. The number of amides is 2. The fourth-order valence-electron chi connectivity index (χ4n) is 7.49. The average Bonchev–Trinajstić information content (AvgIpc) is 4.04. The molecule has 8 rings (SSSR count). The number of nitrogens with one attached hydrogen (secondary N) is 2. The van der Waals surface area contributed by atoms with Gasteiger partial charge in [-0.25, -0.2) is 9.97 Å². The highest BCUT2D eigenvalue weighted by Crippen LogP contribution is 2.36. The van der Waals surface area contributed by atoms with E-state index in [2.05, 4.69) is 68.5 Å². The number of carbonyl (C=O) groups excluding carboxylic acids is 2. The third kappa shape index (κ3) is 6.54. The highest BCUT2D eigenvalue weighted by Gasteiger charge is 2.36. The van der Waals surface area contributed by atoms with E-state index in [1.54, 1.807) is 46.5 Å². The van der Waals surface area contributed by atoms with E-state index in [9.17, 15) is 19.8 Å². The number of likely N-dealkylation sites (tertiary alicyclic amines) is 2. The van der Waals surface area contributed by atoms with Crippen LogP contribution in [0.5, 0.6) is 0 Å². The van der Waals surface area contributed by atoms with Crippen LogP contribution in [0.25, 0.3) is 33.6 Å². The maximum absolute atomic E-state index is 13.2. The van der Waals surface area contributed by atoms with Crippen molar-refractivity contribution >= 4 is 11.8 Å². The number of aliphatic hydroxyl groups excluding tert-OH is 2. The molecule has 0 aliphatic carbocycles. The van der Waals surface area contributed by atoms with E-state index in [0.717, 1.165) is 71.0 Å². The standard InChI is InChI=1S/C42H40N6O4/c49-37(31-9-3-1-4-10-31)41(51)47-23-7-13-35(47)39-43-25-33(45-39)29-19-15-27(16-20-29)28-17-21-30(22-18-28)34-26-44-40(46-34)36-14-8-24-48(36)42(52)38(50)32-11-5-2-6-12-32/h1-6,9-12,15-22,25-26,35-38,49-50H,7-8,13-14,23-24H2,(H,43,45)(H,44,46)/t35-,36-,37+,38+/m0/s1. The molecule has 4 atom stereocenters. The Morgan fingerprint density at radius 1 is 0.558 bits per heavy atom. The van der Waals surface area contributed by atoms with Gasteiger partial charge in [0.15, 0.2) is 12.2 Å². The van der Waals surface area contributed by atoms with Gasteiger partial charge in [0.1, 0.15) is 11.6 Å². The van der Waals surface area contributed by atoms with Gasteiger partial charge in [0.25, 0.3) is 11.8 Å². The van der Waals surface area contributed by atoms with E-state index in [0.29, 0.717) is 24.2 Å². The van der Waals surface area contributed by atoms with Gasteiger partial charge in [-0.1, -0.05) is 109 Å². The van der Waals surface area contributed by atoms with E-state index >= 15 is 0 Å². The molecule has 2 aliphatic heterocycles. The SMILES string of the molecule is O=C([C@H](O)c1ccccc1)N1CCC[C@H]1c1ncc(-c2ccc(-c3ccc(-c4cnc([C@@H]5CCCN5C(=O)[C@H](O)c5ccccc5)[nH]4)cc3)cc2)[nH]1. The van der Waals surface area contributed by atoms with Gasteiger partial charge in [0.05, 0.1) is 35.9 Å². The Labute approximate surface area is 301 Å². The molecule has 52 heavy (non-hydrogen) atoms. The topological polar surface area (TPSA) is 138 Å². The minimum Gasteiger partial charge on any atom is -0.378 e. The molecule has 10 nitrogen and oxygen atoms in total. The quantitative estimate of drug-likeness (QED) is 0.130. The Morgan fingerprint density at radius 2 is 0.923 bits per heavy atom. The maximum atomic E-state index is 13.2. The summed E-state index contributed by atoms with van der Waals surface area (Å²) >= 11 is 0. The van der Waals surface area contributed by atoms with Gasteiger partial charge in [-0.2, -0.15) is 0 Å². The third-order valence-corrected chi connectivity index (χ3v) is 10.3. The fraction of sp³-hybridized carbons (Fsp3) is 0.238. The Kier molecular flexibility index (Phi) is 9.24. The first kappa shape index (κ1) is 33.3. The van der Waals surface area contributed by atoms with Crippen molar-refractivity contribution < 1.29 is 19.8 Å². The van der Waals surface area contributed by atoms with E-state index in [1.807, 2.05) is 36.4 Å². The monoisotopic (exact) mass is 692 g/mol. The van der Waals surface area contributed by atoms with Crippen LogP contribution in [0, 0.1) is 0 Å². The van der Waals surface area contributed by atoms with Gasteiger partial charge in [0.2, 0.25) is 0 Å². The minimum absolute atomic E-state index is 0.213. The van der Waals surface area contributed by atoms with Crippen LogP contribution in [0.15, 0.2) is 122 Å². The van der Waals surface area contributed by atoms with Crippen LogP contribution in [0.4, 0.5) is 0 Å². The van der Waals surface area contributed by atoms with Crippen LogP contribution in [-0.4, -0.2) is 64.9 Å². The molecule has 0 radical (unpaired) electrons. The largest absolute Gasteiger partial charge is 0.378 e. The summed E-state index contributed by atoms with van der Waals surface area (Å²) in [7, 11) is 0. The zero-order valence-electron chi connectivity index (χ0n) is 28.6. The molecular weight excluding hydrogens is 652 g/mol. The van der Waals surface area contributed by atoms with Gasteiger partial charge >= 0.3 is 0 Å². The molecule has 0 saturated carbocycles. The van der Waals surface area contributed by atoms with Crippen molar-refractivity contribution in [3.63, 3.8) is 0 Å². The van der Waals surface area contributed by atoms with Gasteiger partial charge in [-0.3, -0.25) is 9.59 Å². The molecule has 2 fully saturated rings. The molecule has 2 amide bonds. The van der Waals surface area contributed by atoms with Crippen molar-refractivity contribution in [3.05, 3.63) is 144 Å². The lowest BCUT2D eigenvalue weighted by Crippen LogP contribution is -2.35. The van der Waals surface area contributed by atoms with E-state index in [1.165, 1.54) is 0 Å². The molecule has 2 saturated heterocycles. The lowest BCUT2D eigenvalue weighted by atomic mass is 10.0. The van der Waals surface area contributed by atoms with E-state index in [4.69, 9.17) is 0 Å². The van der Waals surface area contributed by atoms with Gasteiger partial charge in [-0.15, -0.1) is 0 Å². The van der Waals surface area contributed by atoms with Crippen LogP contribution < -0.4 is 0 Å². The number of imidazole rings is 2. The first-order chi connectivity index (χ1) is 25.4. The number of aromatic amines is 2. The van der Waals surface area contributed by atoms with Crippen LogP contribution in [0.3, 0.4) is 0 Å². The molecular formula is C42H40N6O4. The van der Waals surface area contributed by atoms with Crippen molar-refractivity contribution in [3.8, 4) is 33.6 Å². The van der Waals surface area contributed by atoms with Crippen molar-refractivity contribution in [2.75, 3.05) is 13.1 Å². The summed E-state index contributed by atoms with van der Waals surface area (Å²) in [6, 6.07) is 34.2. The van der Waals surface area contributed by atoms with Crippen LogP contribution >= 0.6 is 0 Å². The summed E-state index contributed by atoms with van der Waals surface area (Å²) in [4.78, 5) is 46.1. The molecule has 4 heterocycles. The number of carbonyl (C=O) groups is 2. The van der Waals surface area contributed by atoms with Crippen LogP contribution in [-0.2, 0) is 9.59 Å². The third-order valence-electron chi connectivity index (χ3n) is 10.3. The highest BCUT2D eigenvalue weighted by molar-refractivity contribution is 5.83. The Morgan fingerprint density at radius 3 is 1.31 bits per heavy atom. The summed E-state index contributed by atoms with van der Waals surface area (Å²) in [6.07, 6.45) is 4.48. The first-order valence-electron chi connectivity index (χ1n) is 17.8. The zero-order chi connectivity index (χ0) is 35.6. The lowest BCUT2D eigenvalue weighted by molar-refractivity contribution is -0.142. The molecule has 262 valence electrons. The highest BCUT2D eigenvalue weighted by atomic mass is 16.3. The maximum Gasteiger partial charge on any atom is 0.256 e. The molecule has 0 bridgehead atoms. The number of H-pyrrole nitrogens is 2. The summed E-state index contributed by atoms with van der Waals surface area (Å²) < 4.78 is 0.